The highest BCUT2D eigenvalue weighted by Crippen LogP contribution is 2.31. The predicted octanol–water partition coefficient (Wildman–Crippen LogP) is 0.459. The molecule has 0 radical (unpaired) electrons. The molecule has 1 saturated carbocycles. The Morgan fingerprint density at radius 3 is 3.00 bits per heavy atom. The standard InChI is InChI=1S/C11H20N2O/c1-2-9(3-1)11-7-13-4-5-14-8-10(13)6-12-11/h9-12H,1-8H2. The fourth-order valence-electron chi connectivity index (χ4n) is 2.88. The first-order chi connectivity index (χ1) is 6.93. The van der Waals surface area contributed by atoms with Gasteiger partial charge in [-0.1, -0.05) is 6.42 Å². The van der Waals surface area contributed by atoms with E-state index in [0.29, 0.717) is 6.04 Å². The van der Waals surface area contributed by atoms with Crippen molar-refractivity contribution in [3.63, 3.8) is 0 Å². The second kappa shape index (κ2) is 3.80. The number of morpholine rings is 1. The highest BCUT2D eigenvalue weighted by Gasteiger charge is 2.35. The van der Waals surface area contributed by atoms with E-state index in [2.05, 4.69) is 10.2 Å². The average Bonchev–Trinajstić information content (AvgIpc) is 2.15. The summed E-state index contributed by atoms with van der Waals surface area (Å²) in [5, 5.41) is 3.70. The van der Waals surface area contributed by atoms with E-state index in [1.54, 1.807) is 0 Å². The van der Waals surface area contributed by atoms with Crippen LogP contribution in [0.25, 0.3) is 0 Å². The quantitative estimate of drug-likeness (QED) is 0.659. The molecule has 3 rings (SSSR count). The van der Waals surface area contributed by atoms with Gasteiger partial charge >= 0.3 is 0 Å². The molecule has 0 bridgehead atoms. The zero-order valence-electron chi connectivity index (χ0n) is 8.74. The molecule has 3 nitrogen and oxygen atoms in total. The molecule has 2 atom stereocenters. The summed E-state index contributed by atoms with van der Waals surface area (Å²) < 4.78 is 5.49. The van der Waals surface area contributed by atoms with Crippen molar-refractivity contribution in [3.8, 4) is 0 Å². The number of ether oxygens (including phenoxy) is 1. The van der Waals surface area contributed by atoms with Gasteiger partial charge in [-0.25, -0.2) is 0 Å². The Balaban J connectivity index is 1.59. The van der Waals surface area contributed by atoms with Gasteiger partial charge in [-0.2, -0.15) is 0 Å². The lowest BCUT2D eigenvalue weighted by Crippen LogP contribution is -2.62. The molecule has 2 saturated heterocycles. The monoisotopic (exact) mass is 196 g/mol. The fraction of sp³-hybridized carbons (Fsp3) is 1.00. The highest BCUT2D eigenvalue weighted by atomic mass is 16.5. The van der Waals surface area contributed by atoms with Crippen molar-refractivity contribution < 1.29 is 4.74 Å². The van der Waals surface area contributed by atoms with E-state index in [1.165, 1.54) is 25.8 Å². The van der Waals surface area contributed by atoms with Crippen molar-refractivity contribution in [2.75, 3.05) is 32.8 Å². The van der Waals surface area contributed by atoms with Gasteiger partial charge in [-0.3, -0.25) is 4.90 Å². The van der Waals surface area contributed by atoms with Crippen molar-refractivity contribution in [2.45, 2.75) is 31.3 Å². The van der Waals surface area contributed by atoms with E-state index in [0.717, 1.165) is 38.3 Å². The number of fused-ring (bicyclic) bond motifs is 1. The van der Waals surface area contributed by atoms with E-state index in [1.807, 2.05) is 0 Å². The second-order valence-corrected chi connectivity index (χ2v) is 4.93. The summed E-state index contributed by atoms with van der Waals surface area (Å²) in [7, 11) is 0. The maximum Gasteiger partial charge on any atom is 0.0634 e. The van der Waals surface area contributed by atoms with Crippen LogP contribution in [0.4, 0.5) is 0 Å². The summed E-state index contributed by atoms with van der Waals surface area (Å²) in [5.41, 5.74) is 0. The molecule has 1 aliphatic carbocycles. The molecule has 0 aromatic rings. The third-order valence-corrected chi connectivity index (χ3v) is 4.12. The molecule has 2 aliphatic heterocycles. The van der Waals surface area contributed by atoms with Crippen LogP contribution in [-0.4, -0.2) is 49.8 Å². The smallest absolute Gasteiger partial charge is 0.0634 e. The number of nitrogens with zero attached hydrogens (tertiary/aromatic N) is 1. The molecular formula is C11H20N2O. The van der Waals surface area contributed by atoms with Gasteiger partial charge in [0.15, 0.2) is 0 Å². The fourth-order valence-corrected chi connectivity index (χ4v) is 2.88. The zero-order valence-corrected chi connectivity index (χ0v) is 8.74. The number of hydrogen-bond donors (Lipinski definition) is 1. The molecule has 0 aromatic carbocycles. The van der Waals surface area contributed by atoms with Gasteiger partial charge in [-0.15, -0.1) is 0 Å². The van der Waals surface area contributed by atoms with Crippen LogP contribution in [0.2, 0.25) is 0 Å². The molecule has 3 aliphatic rings. The minimum atomic E-state index is 0.653. The molecular weight excluding hydrogens is 176 g/mol. The first-order valence-corrected chi connectivity index (χ1v) is 5.98. The third kappa shape index (κ3) is 1.58. The largest absolute Gasteiger partial charge is 0.378 e. The zero-order chi connectivity index (χ0) is 9.38. The Bertz CT molecular complexity index is 205. The topological polar surface area (TPSA) is 24.5 Å². The Hall–Kier alpha value is -0.120. The van der Waals surface area contributed by atoms with Gasteiger partial charge in [0.25, 0.3) is 0 Å². The van der Waals surface area contributed by atoms with Crippen LogP contribution in [0.15, 0.2) is 0 Å². The summed E-state index contributed by atoms with van der Waals surface area (Å²) >= 11 is 0. The molecule has 3 heteroatoms. The molecule has 2 heterocycles. The molecule has 0 aromatic heterocycles. The molecule has 2 unspecified atom stereocenters. The maximum absolute atomic E-state index is 5.49. The summed E-state index contributed by atoms with van der Waals surface area (Å²) in [6.07, 6.45) is 4.36. The van der Waals surface area contributed by atoms with Crippen molar-refractivity contribution >= 4 is 0 Å². The van der Waals surface area contributed by atoms with Crippen molar-refractivity contribution in [2.24, 2.45) is 5.92 Å². The van der Waals surface area contributed by atoms with Crippen LogP contribution in [-0.2, 0) is 4.74 Å². The molecule has 3 fully saturated rings. The average molecular weight is 196 g/mol. The van der Waals surface area contributed by atoms with Crippen LogP contribution in [0, 0.1) is 5.92 Å². The van der Waals surface area contributed by atoms with Crippen molar-refractivity contribution in [1.82, 2.24) is 10.2 Å². The lowest BCUT2D eigenvalue weighted by molar-refractivity contribution is -0.0355. The van der Waals surface area contributed by atoms with Crippen LogP contribution < -0.4 is 5.32 Å². The summed E-state index contributed by atoms with van der Waals surface area (Å²) in [5.74, 6) is 0.971. The number of nitrogens with one attached hydrogen (secondary N) is 1. The van der Waals surface area contributed by atoms with E-state index in [4.69, 9.17) is 4.74 Å². The summed E-state index contributed by atoms with van der Waals surface area (Å²) in [6.45, 7) is 5.42. The van der Waals surface area contributed by atoms with Gasteiger partial charge in [0.1, 0.15) is 0 Å². The first-order valence-electron chi connectivity index (χ1n) is 5.98. The Morgan fingerprint density at radius 1 is 1.29 bits per heavy atom. The van der Waals surface area contributed by atoms with Gasteiger partial charge in [-0.05, 0) is 18.8 Å². The Kier molecular flexibility index (Phi) is 2.48. The lowest BCUT2D eigenvalue weighted by Gasteiger charge is -2.46. The van der Waals surface area contributed by atoms with Crippen molar-refractivity contribution in [1.29, 1.82) is 0 Å². The van der Waals surface area contributed by atoms with Crippen molar-refractivity contribution in [3.05, 3.63) is 0 Å². The third-order valence-electron chi connectivity index (χ3n) is 4.12. The van der Waals surface area contributed by atoms with Crippen LogP contribution in [0.1, 0.15) is 19.3 Å². The van der Waals surface area contributed by atoms with E-state index >= 15 is 0 Å². The minimum absolute atomic E-state index is 0.653. The number of piperazine rings is 1. The van der Waals surface area contributed by atoms with Gasteiger partial charge in [0.05, 0.1) is 13.2 Å². The highest BCUT2D eigenvalue weighted by molar-refractivity contribution is 4.93. The molecule has 0 spiro atoms. The molecule has 0 amide bonds. The van der Waals surface area contributed by atoms with E-state index in [-0.39, 0.29) is 0 Å². The number of hydrogen-bond acceptors (Lipinski definition) is 3. The summed E-state index contributed by atoms with van der Waals surface area (Å²) in [4.78, 5) is 2.63. The van der Waals surface area contributed by atoms with Gasteiger partial charge < -0.3 is 10.1 Å². The molecule has 1 N–H and O–H groups in total. The summed E-state index contributed by atoms with van der Waals surface area (Å²) in [6, 6.07) is 1.43. The lowest BCUT2D eigenvalue weighted by atomic mass is 9.78. The molecule has 14 heavy (non-hydrogen) atoms. The molecule has 80 valence electrons. The predicted molar refractivity (Wildman–Crippen MR) is 55.3 cm³/mol. The van der Waals surface area contributed by atoms with Crippen LogP contribution >= 0.6 is 0 Å². The second-order valence-electron chi connectivity index (χ2n) is 4.93. The Labute approximate surface area is 85.8 Å². The Morgan fingerprint density at radius 2 is 2.21 bits per heavy atom. The van der Waals surface area contributed by atoms with E-state index in [9.17, 15) is 0 Å². The van der Waals surface area contributed by atoms with Gasteiger partial charge in [0.2, 0.25) is 0 Å². The normalized spacial score (nSPS) is 40.3. The van der Waals surface area contributed by atoms with Gasteiger partial charge in [0, 0.05) is 31.7 Å². The van der Waals surface area contributed by atoms with Crippen LogP contribution in [0.3, 0.4) is 0 Å². The first kappa shape index (κ1) is 9.13. The van der Waals surface area contributed by atoms with Crippen LogP contribution in [0.5, 0.6) is 0 Å². The maximum atomic E-state index is 5.49. The number of rotatable bonds is 1. The SMILES string of the molecule is C1CC(C2CN3CCOCC3CN2)C1. The minimum Gasteiger partial charge on any atom is -0.378 e. The van der Waals surface area contributed by atoms with E-state index < -0.39 is 0 Å².